The first-order valence-electron chi connectivity index (χ1n) is 5.71. The highest BCUT2D eigenvalue weighted by Crippen LogP contribution is 2.31. The lowest BCUT2D eigenvalue weighted by molar-refractivity contribution is -0.0202. The van der Waals surface area contributed by atoms with Crippen LogP contribution in [0, 0.1) is 0 Å². The first-order chi connectivity index (χ1) is 7.61. The van der Waals surface area contributed by atoms with Gasteiger partial charge in [0, 0.05) is 19.0 Å². The molecule has 0 saturated heterocycles. The largest absolute Gasteiger partial charge is 0.388 e. The van der Waals surface area contributed by atoms with Crippen LogP contribution in [-0.4, -0.2) is 27.2 Å². The number of nitrogens with zero attached hydrogens (tertiary/aromatic N) is 2. The van der Waals surface area contributed by atoms with Gasteiger partial charge in [-0.2, -0.15) is 0 Å². The van der Waals surface area contributed by atoms with Gasteiger partial charge in [-0.15, -0.1) is 0 Å². The van der Waals surface area contributed by atoms with E-state index in [1.54, 1.807) is 6.07 Å². The minimum Gasteiger partial charge on any atom is -0.388 e. The van der Waals surface area contributed by atoms with Gasteiger partial charge in [-0.05, 0) is 19.3 Å². The van der Waals surface area contributed by atoms with E-state index < -0.39 is 5.60 Å². The number of anilines is 2. The summed E-state index contributed by atoms with van der Waals surface area (Å²) < 4.78 is 0. The fraction of sp³-hybridized carbons (Fsp3) is 0.636. The van der Waals surface area contributed by atoms with E-state index in [4.69, 9.17) is 5.73 Å². The van der Waals surface area contributed by atoms with Crippen LogP contribution in [0.25, 0.3) is 0 Å². The number of nitrogens with one attached hydrogen (secondary N) is 1. The van der Waals surface area contributed by atoms with E-state index >= 15 is 0 Å². The summed E-state index contributed by atoms with van der Waals surface area (Å²) in [5.41, 5.74) is 5.12. The Balaban J connectivity index is 2.00. The summed E-state index contributed by atoms with van der Waals surface area (Å²) in [6.45, 7) is 2.52. The smallest absolute Gasteiger partial charge is 0.132 e. The van der Waals surface area contributed by atoms with Crippen LogP contribution in [0.3, 0.4) is 0 Å². The third-order valence-corrected chi connectivity index (χ3v) is 2.99. The number of nitrogen functional groups attached to an aromatic ring is 1. The van der Waals surface area contributed by atoms with E-state index in [1.807, 2.05) is 6.92 Å². The monoisotopic (exact) mass is 222 g/mol. The third kappa shape index (κ3) is 2.41. The molecular formula is C11H18N4O. The molecule has 88 valence electrons. The van der Waals surface area contributed by atoms with Crippen LogP contribution >= 0.6 is 0 Å². The van der Waals surface area contributed by atoms with E-state index in [1.165, 1.54) is 0 Å². The summed E-state index contributed by atoms with van der Waals surface area (Å²) in [4.78, 5) is 8.40. The Labute approximate surface area is 95.1 Å². The second-order valence-electron chi connectivity index (χ2n) is 4.38. The molecule has 0 amide bonds. The summed E-state index contributed by atoms with van der Waals surface area (Å²) in [6.07, 6.45) is 3.58. The van der Waals surface area contributed by atoms with Crippen molar-refractivity contribution in [3.05, 3.63) is 11.9 Å². The molecule has 0 unspecified atom stereocenters. The molecule has 1 aromatic heterocycles. The standard InChI is InChI=1S/C11H18N4O/c1-2-9-14-8(12)6-10(15-9)13-7-11(16)4-3-5-11/h6,16H,2-5,7H2,1H3,(H3,12,13,14,15). The highest BCUT2D eigenvalue weighted by atomic mass is 16.3. The van der Waals surface area contributed by atoms with Gasteiger partial charge in [0.25, 0.3) is 0 Å². The van der Waals surface area contributed by atoms with Crippen molar-refractivity contribution in [1.82, 2.24) is 9.97 Å². The Bertz CT molecular complexity index is 376. The second-order valence-corrected chi connectivity index (χ2v) is 4.38. The van der Waals surface area contributed by atoms with Crippen molar-refractivity contribution in [2.45, 2.75) is 38.2 Å². The maximum atomic E-state index is 9.93. The summed E-state index contributed by atoms with van der Waals surface area (Å²) >= 11 is 0. The maximum absolute atomic E-state index is 9.93. The molecule has 16 heavy (non-hydrogen) atoms. The first-order valence-corrected chi connectivity index (χ1v) is 5.71. The van der Waals surface area contributed by atoms with E-state index in [2.05, 4.69) is 15.3 Å². The van der Waals surface area contributed by atoms with Crippen molar-refractivity contribution in [1.29, 1.82) is 0 Å². The molecule has 0 radical (unpaired) electrons. The summed E-state index contributed by atoms with van der Waals surface area (Å²) in [6, 6.07) is 1.70. The number of aromatic nitrogens is 2. The molecule has 1 saturated carbocycles. The third-order valence-electron chi connectivity index (χ3n) is 2.99. The fourth-order valence-electron chi connectivity index (χ4n) is 1.78. The predicted molar refractivity (Wildman–Crippen MR) is 63.1 cm³/mol. The Morgan fingerprint density at radius 1 is 1.50 bits per heavy atom. The Morgan fingerprint density at radius 3 is 2.81 bits per heavy atom. The molecule has 0 aromatic carbocycles. The molecule has 4 N–H and O–H groups in total. The minimum absolute atomic E-state index is 0.468. The Morgan fingerprint density at radius 2 is 2.25 bits per heavy atom. The van der Waals surface area contributed by atoms with Gasteiger partial charge < -0.3 is 16.2 Å². The number of aliphatic hydroxyl groups is 1. The van der Waals surface area contributed by atoms with Crippen molar-refractivity contribution in [2.24, 2.45) is 0 Å². The van der Waals surface area contributed by atoms with Gasteiger partial charge in [-0.3, -0.25) is 0 Å². The summed E-state index contributed by atoms with van der Waals surface area (Å²) in [7, 11) is 0. The molecule has 0 atom stereocenters. The molecule has 1 aliphatic carbocycles. The zero-order valence-electron chi connectivity index (χ0n) is 9.53. The van der Waals surface area contributed by atoms with Gasteiger partial charge in [-0.1, -0.05) is 6.92 Å². The van der Waals surface area contributed by atoms with Gasteiger partial charge in [0.1, 0.15) is 17.5 Å². The summed E-state index contributed by atoms with van der Waals surface area (Å²) in [5.74, 6) is 1.89. The molecule has 1 aliphatic rings. The number of nitrogens with two attached hydrogens (primary N) is 1. The van der Waals surface area contributed by atoms with Crippen molar-refractivity contribution in [3.63, 3.8) is 0 Å². The lowest BCUT2D eigenvalue weighted by atomic mass is 9.80. The number of rotatable bonds is 4. The average molecular weight is 222 g/mol. The topological polar surface area (TPSA) is 84.1 Å². The quantitative estimate of drug-likeness (QED) is 0.706. The number of hydrogen-bond acceptors (Lipinski definition) is 5. The molecule has 1 fully saturated rings. The molecule has 0 spiro atoms. The van der Waals surface area contributed by atoms with Crippen molar-refractivity contribution in [2.75, 3.05) is 17.6 Å². The van der Waals surface area contributed by atoms with Gasteiger partial charge in [-0.25, -0.2) is 9.97 Å². The maximum Gasteiger partial charge on any atom is 0.132 e. The lowest BCUT2D eigenvalue weighted by Crippen LogP contribution is -2.43. The minimum atomic E-state index is -0.550. The first kappa shape index (κ1) is 11.1. The SMILES string of the molecule is CCc1nc(N)cc(NCC2(O)CCC2)n1. The molecule has 1 aromatic rings. The Kier molecular flexibility index (Phi) is 2.96. The van der Waals surface area contributed by atoms with Crippen molar-refractivity contribution in [3.8, 4) is 0 Å². The molecule has 5 heteroatoms. The van der Waals surface area contributed by atoms with E-state index in [0.29, 0.717) is 18.2 Å². The zero-order valence-corrected chi connectivity index (χ0v) is 9.53. The average Bonchev–Trinajstić information content (AvgIpc) is 2.23. The molecule has 5 nitrogen and oxygen atoms in total. The normalized spacial score (nSPS) is 17.9. The van der Waals surface area contributed by atoms with E-state index in [9.17, 15) is 5.11 Å². The lowest BCUT2D eigenvalue weighted by Gasteiger charge is -2.36. The van der Waals surface area contributed by atoms with Gasteiger partial charge >= 0.3 is 0 Å². The van der Waals surface area contributed by atoms with Crippen LogP contribution in [0.5, 0.6) is 0 Å². The van der Waals surface area contributed by atoms with Crippen molar-refractivity contribution >= 4 is 11.6 Å². The van der Waals surface area contributed by atoms with Gasteiger partial charge in [0.05, 0.1) is 5.60 Å². The second kappa shape index (κ2) is 4.25. The molecule has 0 aliphatic heterocycles. The van der Waals surface area contributed by atoms with Crippen LogP contribution < -0.4 is 11.1 Å². The molecule has 0 bridgehead atoms. The summed E-state index contributed by atoms with van der Waals surface area (Å²) in [5, 5.41) is 13.1. The number of aryl methyl sites for hydroxylation is 1. The van der Waals surface area contributed by atoms with Crippen LogP contribution in [0.15, 0.2) is 6.07 Å². The van der Waals surface area contributed by atoms with Crippen LogP contribution in [0.1, 0.15) is 32.0 Å². The number of hydrogen-bond donors (Lipinski definition) is 3. The van der Waals surface area contributed by atoms with Crippen LogP contribution in [-0.2, 0) is 6.42 Å². The van der Waals surface area contributed by atoms with Crippen LogP contribution in [0.2, 0.25) is 0 Å². The highest BCUT2D eigenvalue weighted by Gasteiger charge is 2.34. The van der Waals surface area contributed by atoms with E-state index in [-0.39, 0.29) is 0 Å². The molecular weight excluding hydrogens is 204 g/mol. The Hall–Kier alpha value is -1.36. The van der Waals surface area contributed by atoms with Gasteiger partial charge in [0.2, 0.25) is 0 Å². The zero-order chi connectivity index (χ0) is 11.6. The van der Waals surface area contributed by atoms with Crippen molar-refractivity contribution < 1.29 is 5.11 Å². The highest BCUT2D eigenvalue weighted by molar-refractivity contribution is 5.44. The molecule has 2 rings (SSSR count). The van der Waals surface area contributed by atoms with E-state index in [0.717, 1.165) is 31.5 Å². The van der Waals surface area contributed by atoms with Gasteiger partial charge in [0.15, 0.2) is 0 Å². The van der Waals surface area contributed by atoms with Crippen LogP contribution in [0.4, 0.5) is 11.6 Å². The molecule has 1 heterocycles. The predicted octanol–water partition coefficient (Wildman–Crippen LogP) is 0.948. The fourth-order valence-corrected chi connectivity index (χ4v) is 1.78.